The molecule has 0 bridgehead atoms. The summed E-state index contributed by atoms with van der Waals surface area (Å²) in [5.74, 6) is 0.0613. The average Bonchev–Trinajstić information content (AvgIpc) is 2.70. The standard InChI is InChI=1S/C13H15F3N2O/c14-13(15,16)11-3-1-2-9(4-11)7-18-8-10(6-17)5-12(18)19/h1-4,10H,5-8,17H2/t10-/m1/s1. The third-order valence-corrected chi connectivity index (χ3v) is 3.26. The molecule has 1 aromatic carbocycles. The predicted molar refractivity (Wildman–Crippen MR) is 64.0 cm³/mol. The van der Waals surface area contributed by atoms with Crippen LogP contribution in [0, 0.1) is 5.92 Å². The molecule has 2 rings (SSSR count). The number of hydrogen-bond donors (Lipinski definition) is 1. The van der Waals surface area contributed by atoms with E-state index < -0.39 is 11.7 Å². The van der Waals surface area contributed by atoms with E-state index in [1.165, 1.54) is 6.07 Å². The molecule has 0 saturated carbocycles. The van der Waals surface area contributed by atoms with Crippen molar-refractivity contribution in [2.45, 2.75) is 19.1 Å². The Morgan fingerprint density at radius 1 is 1.37 bits per heavy atom. The first-order valence-corrected chi connectivity index (χ1v) is 6.04. The number of benzene rings is 1. The molecule has 6 heteroatoms. The van der Waals surface area contributed by atoms with Gasteiger partial charge in [0.05, 0.1) is 5.56 Å². The van der Waals surface area contributed by atoms with Gasteiger partial charge in [-0.3, -0.25) is 4.79 Å². The van der Waals surface area contributed by atoms with Gasteiger partial charge in [-0.05, 0) is 30.2 Å². The zero-order valence-corrected chi connectivity index (χ0v) is 10.3. The number of rotatable bonds is 3. The maximum Gasteiger partial charge on any atom is 0.416 e. The van der Waals surface area contributed by atoms with E-state index in [1.807, 2.05) is 0 Å². The fourth-order valence-corrected chi connectivity index (χ4v) is 2.23. The normalized spacial score (nSPS) is 20.1. The summed E-state index contributed by atoms with van der Waals surface area (Å²) in [4.78, 5) is 13.2. The molecule has 1 atom stereocenters. The van der Waals surface area contributed by atoms with E-state index in [0.29, 0.717) is 25.1 Å². The van der Waals surface area contributed by atoms with E-state index >= 15 is 0 Å². The molecule has 104 valence electrons. The molecule has 0 aromatic heterocycles. The van der Waals surface area contributed by atoms with Crippen molar-refractivity contribution in [2.75, 3.05) is 13.1 Å². The zero-order chi connectivity index (χ0) is 14.0. The number of likely N-dealkylation sites (tertiary alicyclic amines) is 1. The predicted octanol–water partition coefficient (Wildman–Crippen LogP) is 2.01. The number of alkyl halides is 3. The Labute approximate surface area is 109 Å². The monoisotopic (exact) mass is 272 g/mol. The molecule has 1 fully saturated rings. The van der Waals surface area contributed by atoms with Crippen molar-refractivity contribution >= 4 is 5.91 Å². The Kier molecular flexibility index (Phi) is 3.80. The van der Waals surface area contributed by atoms with E-state index in [9.17, 15) is 18.0 Å². The van der Waals surface area contributed by atoms with E-state index in [0.717, 1.165) is 12.1 Å². The summed E-state index contributed by atoms with van der Waals surface area (Å²) in [5.41, 5.74) is 5.30. The van der Waals surface area contributed by atoms with Crippen LogP contribution in [0.5, 0.6) is 0 Å². The molecular weight excluding hydrogens is 257 g/mol. The highest BCUT2D eigenvalue weighted by molar-refractivity contribution is 5.78. The maximum absolute atomic E-state index is 12.6. The lowest BCUT2D eigenvalue weighted by Crippen LogP contribution is -2.25. The van der Waals surface area contributed by atoms with Crippen molar-refractivity contribution in [3.05, 3.63) is 35.4 Å². The Hall–Kier alpha value is -1.56. The molecule has 1 aromatic rings. The van der Waals surface area contributed by atoms with Gasteiger partial charge < -0.3 is 10.6 Å². The molecule has 1 aliphatic heterocycles. The number of amides is 1. The first-order valence-electron chi connectivity index (χ1n) is 6.04. The first-order chi connectivity index (χ1) is 8.90. The van der Waals surface area contributed by atoms with Crippen LogP contribution in [0.4, 0.5) is 13.2 Å². The molecular formula is C13H15F3N2O. The maximum atomic E-state index is 12.6. The third kappa shape index (κ3) is 3.26. The molecule has 1 amide bonds. The van der Waals surface area contributed by atoms with Crippen LogP contribution in [-0.4, -0.2) is 23.9 Å². The van der Waals surface area contributed by atoms with Gasteiger partial charge in [-0.1, -0.05) is 12.1 Å². The van der Waals surface area contributed by atoms with Crippen molar-refractivity contribution in [1.29, 1.82) is 0 Å². The molecule has 0 unspecified atom stereocenters. The van der Waals surface area contributed by atoms with Gasteiger partial charge >= 0.3 is 6.18 Å². The lowest BCUT2D eigenvalue weighted by molar-refractivity contribution is -0.137. The number of carbonyl (C=O) groups is 1. The van der Waals surface area contributed by atoms with E-state index in [4.69, 9.17) is 5.73 Å². The van der Waals surface area contributed by atoms with Crippen molar-refractivity contribution in [3.63, 3.8) is 0 Å². The minimum absolute atomic E-state index is 0.0483. The van der Waals surface area contributed by atoms with Gasteiger partial charge in [0.15, 0.2) is 0 Å². The van der Waals surface area contributed by atoms with E-state index in [1.54, 1.807) is 11.0 Å². The fourth-order valence-electron chi connectivity index (χ4n) is 2.23. The lowest BCUT2D eigenvalue weighted by atomic mass is 10.1. The molecule has 1 saturated heterocycles. The largest absolute Gasteiger partial charge is 0.416 e. The van der Waals surface area contributed by atoms with Gasteiger partial charge in [-0.2, -0.15) is 13.2 Å². The Morgan fingerprint density at radius 3 is 2.68 bits per heavy atom. The molecule has 0 aliphatic carbocycles. The Bertz CT molecular complexity index is 473. The van der Waals surface area contributed by atoms with Crippen molar-refractivity contribution in [1.82, 2.24) is 4.90 Å². The van der Waals surface area contributed by atoms with Crippen LogP contribution in [0.25, 0.3) is 0 Å². The van der Waals surface area contributed by atoms with E-state index in [-0.39, 0.29) is 18.4 Å². The van der Waals surface area contributed by atoms with Crippen molar-refractivity contribution in [2.24, 2.45) is 11.7 Å². The van der Waals surface area contributed by atoms with Gasteiger partial charge in [-0.15, -0.1) is 0 Å². The molecule has 3 nitrogen and oxygen atoms in total. The molecule has 1 aliphatic rings. The molecule has 2 N–H and O–H groups in total. The summed E-state index contributed by atoms with van der Waals surface area (Å²) in [6, 6.07) is 5.07. The van der Waals surface area contributed by atoms with Crippen LogP contribution >= 0.6 is 0 Å². The molecule has 0 radical (unpaired) electrons. The number of halogens is 3. The second kappa shape index (κ2) is 5.21. The van der Waals surface area contributed by atoms with Crippen LogP contribution in [0.3, 0.4) is 0 Å². The van der Waals surface area contributed by atoms with Crippen LogP contribution in [0.1, 0.15) is 17.5 Å². The first kappa shape index (κ1) is 13.9. The van der Waals surface area contributed by atoms with E-state index in [2.05, 4.69) is 0 Å². The molecule has 1 heterocycles. The summed E-state index contributed by atoms with van der Waals surface area (Å²) in [6.07, 6.45) is -3.97. The van der Waals surface area contributed by atoms with Crippen molar-refractivity contribution in [3.8, 4) is 0 Å². The zero-order valence-electron chi connectivity index (χ0n) is 10.3. The quantitative estimate of drug-likeness (QED) is 0.915. The van der Waals surface area contributed by atoms with Crippen LogP contribution in [0.2, 0.25) is 0 Å². The van der Waals surface area contributed by atoms with Gasteiger partial charge in [0, 0.05) is 19.5 Å². The Balaban J connectivity index is 2.10. The topological polar surface area (TPSA) is 46.3 Å². The fraction of sp³-hybridized carbons (Fsp3) is 0.462. The van der Waals surface area contributed by atoms with Crippen LogP contribution in [0.15, 0.2) is 24.3 Å². The second-order valence-electron chi connectivity index (χ2n) is 4.78. The Morgan fingerprint density at radius 2 is 2.11 bits per heavy atom. The highest BCUT2D eigenvalue weighted by Gasteiger charge is 2.31. The van der Waals surface area contributed by atoms with Crippen LogP contribution < -0.4 is 5.73 Å². The SMILES string of the molecule is NC[C@H]1CC(=O)N(Cc2cccc(C(F)(F)F)c2)C1. The molecule has 19 heavy (non-hydrogen) atoms. The van der Waals surface area contributed by atoms with Gasteiger partial charge in [0.1, 0.15) is 0 Å². The van der Waals surface area contributed by atoms with Crippen molar-refractivity contribution < 1.29 is 18.0 Å². The average molecular weight is 272 g/mol. The third-order valence-electron chi connectivity index (χ3n) is 3.26. The highest BCUT2D eigenvalue weighted by atomic mass is 19.4. The summed E-state index contributed by atoms with van der Waals surface area (Å²) >= 11 is 0. The second-order valence-corrected chi connectivity index (χ2v) is 4.78. The van der Waals surface area contributed by atoms with Gasteiger partial charge in [-0.25, -0.2) is 0 Å². The minimum atomic E-state index is -4.36. The highest BCUT2D eigenvalue weighted by Crippen LogP contribution is 2.30. The smallest absolute Gasteiger partial charge is 0.338 e. The number of hydrogen-bond acceptors (Lipinski definition) is 2. The summed E-state index contributed by atoms with van der Waals surface area (Å²) in [7, 11) is 0. The number of nitrogens with two attached hydrogens (primary N) is 1. The van der Waals surface area contributed by atoms with Gasteiger partial charge in [0.2, 0.25) is 5.91 Å². The number of carbonyl (C=O) groups excluding carboxylic acids is 1. The number of nitrogens with zero attached hydrogens (tertiary/aromatic N) is 1. The summed E-state index contributed by atoms with van der Waals surface area (Å²) in [5, 5.41) is 0. The minimum Gasteiger partial charge on any atom is -0.338 e. The summed E-state index contributed by atoms with van der Waals surface area (Å²) in [6.45, 7) is 1.15. The molecule has 0 spiro atoms. The summed E-state index contributed by atoms with van der Waals surface area (Å²) < 4.78 is 37.7. The lowest BCUT2D eigenvalue weighted by Gasteiger charge is -2.17. The van der Waals surface area contributed by atoms with Crippen LogP contribution in [-0.2, 0) is 17.5 Å². The van der Waals surface area contributed by atoms with Gasteiger partial charge in [0.25, 0.3) is 0 Å².